The summed E-state index contributed by atoms with van der Waals surface area (Å²) in [6.07, 6.45) is 0. The van der Waals surface area contributed by atoms with Crippen molar-refractivity contribution in [1.82, 2.24) is 10.2 Å². The summed E-state index contributed by atoms with van der Waals surface area (Å²) in [6, 6.07) is 18.2. The number of carbonyl (C=O) groups is 2. The third-order valence-electron chi connectivity index (χ3n) is 6.61. The van der Waals surface area contributed by atoms with Crippen molar-refractivity contribution in [1.29, 1.82) is 0 Å². The smallest absolute Gasteiger partial charge is 0.264 e. The van der Waals surface area contributed by atoms with E-state index in [-0.39, 0.29) is 29.0 Å². The summed E-state index contributed by atoms with van der Waals surface area (Å²) in [4.78, 5) is 28.7. The molecule has 1 N–H and O–H groups in total. The molecule has 2 amide bonds. The third-order valence-corrected chi connectivity index (χ3v) is 8.91. The van der Waals surface area contributed by atoms with Gasteiger partial charge in [0.15, 0.2) is 0 Å². The second-order valence-corrected chi connectivity index (χ2v) is 13.2. The number of sulfonamides is 1. The first-order chi connectivity index (χ1) is 19.3. The molecule has 220 valence electrons. The number of anilines is 1. The predicted octanol–water partition coefficient (Wildman–Crippen LogP) is 5.46. The largest absolute Gasteiger partial charge is 0.495 e. The number of hydrogen-bond donors (Lipinski definition) is 1. The Morgan fingerprint density at radius 3 is 2.12 bits per heavy atom. The van der Waals surface area contributed by atoms with Gasteiger partial charge in [0.05, 0.1) is 17.7 Å². The number of amides is 2. The summed E-state index contributed by atoms with van der Waals surface area (Å²) >= 11 is 3.42. The Morgan fingerprint density at radius 2 is 1.54 bits per heavy atom. The minimum atomic E-state index is -4.20. The van der Waals surface area contributed by atoms with Gasteiger partial charge in [-0.05, 0) is 74.2 Å². The monoisotopic (exact) mass is 643 g/mol. The van der Waals surface area contributed by atoms with Crippen molar-refractivity contribution in [3.8, 4) is 5.75 Å². The van der Waals surface area contributed by atoms with Crippen LogP contribution in [0.1, 0.15) is 37.5 Å². The molecular formula is C31H38BrN3O5S. The van der Waals surface area contributed by atoms with Gasteiger partial charge in [-0.15, -0.1) is 0 Å². The van der Waals surface area contributed by atoms with Crippen LogP contribution in [0.2, 0.25) is 0 Å². The van der Waals surface area contributed by atoms with E-state index in [0.717, 1.165) is 25.5 Å². The number of nitrogens with one attached hydrogen (secondary N) is 1. The molecule has 0 fully saturated rings. The van der Waals surface area contributed by atoms with Crippen molar-refractivity contribution in [3.05, 3.63) is 87.9 Å². The molecule has 0 aromatic heterocycles. The van der Waals surface area contributed by atoms with Crippen LogP contribution < -0.4 is 14.4 Å². The second kappa shape index (κ2) is 14.0. The van der Waals surface area contributed by atoms with Crippen LogP contribution in [0.25, 0.3) is 0 Å². The number of hydrogen-bond acceptors (Lipinski definition) is 5. The second-order valence-electron chi connectivity index (χ2n) is 10.5. The SMILES string of the molecule is COc1ccc(C)cc1N(CC(=O)N(Cc1ccc(Br)cc1)C(C)C(=O)NCC(C)C)S(=O)(=O)c1ccc(C)cc1. The van der Waals surface area contributed by atoms with Crippen LogP contribution >= 0.6 is 15.9 Å². The van der Waals surface area contributed by atoms with Crippen LogP contribution in [0.15, 0.2) is 76.1 Å². The normalized spacial score (nSPS) is 12.1. The van der Waals surface area contributed by atoms with Crippen LogP contribution in [-0.2, 0) is 26.2 Å². The minimum Gasteiger partial charge on any atom is -0.495 e. The number of carbonyl (C=O) groups excluding carboxylic acids is 2. The van der Waals surface area contributed by atoms with Gasteiger partial charge in [-0.3, -0.25) is 13.9 Å². The van der Waals surface area contributed by atoms with Gasteiger partial charge in [0, 0.05) is 17.6 Å². The Kier molecular flexibility index (Phi) is 11.0. The molecule has 3 rings (SSSR count). The highest BCUT2D eigenvalue weighted by Gasteiger charge is 2.34. The van der Waals surface area contributed by atoms with E-state index in [1.54, 1.807) is 31.2 Å². The lowest BCUT2D eigenvalue weighted by Gasteiger charge is -2.32. The fraction of sp³-hybridized carbons (Fsp3) is 0.355. The fourth-order valence-corrected chi connectivity index (χ4v) is 5.85. The van der Waals surface area contributed by atoms with Gasteiger partial charge in [-0.1, -0.05) is 65.7 Å². The van der Waals surface area contributed by atoms with Crippen molar-refractivity contribution in [2.75, 3.05) is 24.5 Å². The number of rotatable bonds is 12. The van der Waals surface area contributed by atoms with Crippen LogP contribution in [0.4, 0.5) is 5.69 Å². The molecule has 41 heavy (non-hydrogen) atoms. The predicted molar refractivity (Wildman–Crippen MR) is 165 cm³/mol. The van der Waals surface area contributed by atoms with Gasteiger partial charge in [0.1, 0.15) is 18.3 Å². The molecule has 0 radical (unpaired) electrons. The van der Waals surface area contributed by atoms with Gasteiger partial charge < -0.3 is 15.0 Å². The van der Waals surface area contributed by atoms with Gasteiger partial charge in [0.2, 0.25) is 11.8 Å². The Morgan fingerprint density at radius 1 is 0.927 bits per heavy atom. The van der Waals surface area contributed by atoms with Gasteiger partial charge >= 0.3 is 0 Å². The topological polar surface area (TPSA) is 96.0 Å². The number of ether oxygens (including phenoxy) is 1. The maximum atomic E-state index is 14.1. The highest BCUT2D eigenvalue weighted by Crippen LogP contribution is 2.34. The van der Waals surface area contributed by atoms with E-state index in [1.807, 2.05) is 58.0 Å². The Balaban J connectivity index is 2.08. The van der Waals surface area contributed by atoms with Crippen molar-refractivity contribution < 1.29 is 22.7 Å². The number of benzene rings is 3. The summed E-state index contributed by atoms with van der Waals surface area (Å²) in [5.41, 5.74) is 2.74. The highest BCUT2D eigenvalue weighted by atomic mass is 79.9. The quantitative estimate of drug-likeness (QED) is 0.283. The standard InChI is InChI=1S/C31H38BrN3O5S/c1-21(2)18-33-31(37)24(5)34(19-25-10-12-26(32)13-11-25)30(36)20-35(28-17-23(4)9-16-29(28)40-6)41(38,39)27-14-7-22(3)8-15-27/h7-17,21,24H,18-20H2,1-6H3,(H,33,37). The van der Waals surface area contributed by atoms with E-state index in [2.05, 4.69) is 21.2 Å². The van der Waals surface area contributed by atoms with Crippen LogP contribution in [0.3, 0.4) is 0 Å². The maximum Gasteiger partial charge on any atom is 0.264 e. The molecule has 0 saturated heterocycles. The summed E-state index contributed by atoms with van der Waals surface area (Å²) in [7, 11) is -2.74. The van der Waals surface area contributed by atoms with Gasteiger partial charge in [-0.25, -0.2) is 8.42 Å². The first-order valence-electron chi connectivity index (χ1n) is 13.4. The first-order valence-corrected chi connectivity index (χ1v) is 15.6. The molecule has 0 aliphatic carbocycles. The van der Waals surface area contributed by atoms with E-state index in [4.69, 9.17) is 4.74 Å². The Bertz CT molecular complexity index is 1460. The highest BCUT2D eigenvalue weighted by molar-refractivity contribution is 9.10. The zero-order chi connectivity index (χ0) is 30.3. The molecule has 10 heteroatoms. The lowest BCUT2D eigenvalue weighted by Crippen LogP contribution is -2.51. The van der Waals surface area contributed by atoms with Crippen molar-refractivity contribution in [2.45, 2.75) is 52.1 Å². The minimum absolute atomic E-state index is 0.0432. The maximum absolute atomic E-state index is 14.1. The number of methoxy groups -OCH3 is 1. The molecular weight excluding hydrogens is 606 g/mol. The lowest BCUT2D eigenvalue weighted by molar-refractivity contribution is -0.139. The van der Waals surface area contributed by atoms with E-state index in [9.17, 15) is 18.0 Å². The molecule has 1 unspecified atom stereocenters. The van der Waals surface area contributed by atoms with E-state index < -0.39 is 28.5 Å². The van der Waals surface area contributed by atoms with Crippen LogP contribution in [-0.4, -0.2) is 51.4 Å². The molecule has 0 spiro atoms. The first kappa shape index (κ1) is 32.1. The summed E-state index contributed by atoms with van der Waals surface area (Å²) < 4.78 is 35.6. The van der Waals surface area contributed by atoms with Crippen molar-refractivity contribution >= 4 is 43.5 Å². The third kappa shape index (κ3) is 8.33. The number of nitrogens with zero attached hydrogens (tertiary/aromatic N) is 2. The van der Waals surface area contributed by atoms with E-state index in [1.165, 1.54) is 24.1 Å². The number of aryl methyl sites for hydroxylation is 2. The average Bonchev–Trinajstić information content (AvgIpc) is 2.93. The molecule has 1 atom stereocenters. The molecule has 0 heterocycles. The van der Waals surface area contributed by atoms with Crippen molar-refractivity contribution in [2.24, 2.45) is 5.92 Å². The molecule has 0 aliphatic rings. The zero-order valence-corrected chi connectivity index (χ0v) is 26.8. The van der Waals surface area contributed by atoms with E-state index >= 15 is 0 Å². The Hall–Kier alpha value is -3.37. The van der Waals surface area contributed by atoms with Gasteiger partial charge in [0.25, 0.3) is 10.0 Å². The lowest BCUT2D eigenvalue weighted by atomic mass is 10.1. The van der Waals surface area contributed by atoms with Crippen LogP contribution in [0.5, 0.6) is 5.75 Å². The van der Waals surface area contributed by atoms with Gasteiger partial charge in [-0.2, -0.15) is 0 Å². The molecule has 3 aromatic rings. The van der Waals surface area contributed by atoms with E-state index in [0.29, 0.717) is 12.3 Å². The molecule has 0 bridgehead atoms. The number of halogens is 1. The summed E-state index contributed by atoms with van der Waals surface area (Å²) in [5.74, 6) is -0.309. The fourth-order valence-electron chi connectivity index (χ4n) is 4.17. The summed E-state index contributed by atoms with van der Waals surface area (Å²) in [5, 5.41) is 2.89. The molecule has 8 nitrogen and oxygen atoms in total. The van der Waals surface area contributed by atoms with Crippen LogP contribution in [0, 0.1) is 19.8 Å². The molecule has 0 aliphatic heterocycles. The summed E-state index contributed by atoms with van der Waals surface area (Å²) in [6.45, 7) is 9.36. The average molecular weight is 645 g/mol. The molecule has 0 saturated carbocycles. The Labute approximate surface area is 251 Å². The molecule has 3 aromatic carbocycles. The zero-order valence-electron chi connectivity index (χ0n) is 24.3. The van der Waals surface area contributed by atoms with Crippen molar-refractivity contribution in [3.63, 3.8) is 0 Å².